The minimum absolute atomic E-state index is 0.194. The molecule has 1 atom stereocenters. The van der Waals surface area contributed by atoms with Gasteiger partial charge in [0, 0.05) is 15.8 Å². The topological polar surface area (TPSA) is 50.2 Å². The van der Waals surface area contributed by atoms with Crippen LogP contribution in [0.4, 0.5) is 5.82 Å². The Kier molecular flexibility index (Phi) is 4.74. The van der Waals surface area contributed by atoms with E-state index in [1.807, 2.05) is 42.5 Å². The second kappa shape index (κ2) is 7.68. The third-order valence-electron chi connectivity index (χ3n) is 5.02. The summed E-state index contributed by atoms with van der Waals surface area (Å²) in [6, 6.07) is 26.9. The molecule has 0 bridgehead atoms. The first-order valence-electron chi connectivity index (χ1n) is 9.75. The third kappa shape index (κ3) is 3.49. The Bertz CT molecular complexity index is 1200. The first kappa shape index (κ1) is 17.9. The second-order valence-electron chi connectivity index (χ2n) is 6.90. The molecule has 0 saturated heterocycles. The van der Waals surface area contributed by atoms with Crippen LogP contribution in [-0.4, -0.2) is 15.8 Å². The summed E-state index contributed by atoms with van der Waals surface area (Å²) < 4.78 is 0. The molecule has 0 radical (unpaired) electrons. The van der Waals surface area contributed by atoms with Gasteiger partial charge in [-0.3, -0.25) is 4.99 Å². The first-order chi connectivity index (χ1) is 14.3. The summed E-state index contributed by atoms with van der Waals surface area (Å²) in [6.07, 6.45) is 0.974. The van der Waals surface area contributed by atoms with Crippen LogP contribution in [0.1, 0.15) is 30.5 Å². The van der Waals surface area contributed by atoms with E-state index in [9.17, 15) is 0 Å². The van der Waals surface area contributed by atoms with Gasteiger partial charge in [-0.25, -0.2) is 9.97 Å². The summed E-state index contributed by atoms with van der Waals surface area (Å²) in [5.74, 6) is 1.67. The van der Waals surface area contributed by atoms with Gasteiger partial charge >= 0.3 is 0 Å². The smallest absolute Gasteiger partial charge is 0.195 e. The van der Waals surface area contributed by atoms with E-state index in [1.165, 1.54) is 5.56 Å². The number of anilines is 1. The lowest BCUT2D eigenvalue weighted by molar-refractivity contribution is 0.716. The lowest BCUT2D eigenvalue weighted by Gasteiger charge is -2.11. The SMILES string of the molecule is CCC1N=C(Nc2nc(Sc3ccccc3)nc3ccccc23)c2ccccc21. The van der Waals surface area contributed by atoms with E-state index in [4.69, 9.17) is 15.0 Å². The number of fused-ring (bicyclic) bond motifs is 2. The Morgan fingerprint density at radius 2 is 1.62 bits per heavy atom. The van der Waals surface area contributed by atoms with E-state index >= 15 is 0 Å². The van der Waals surface area contributed by atoms with Gasteiger partial charge in [-0.15, -0.1) is 0 Å². The predicted molar refractivity (Wildman–Crippen MR) is 120 cm³/mol. The van der Waals surface area contributed by atoms with Crippen LogP contribution in [-0.2, 0) is 0 Å². The van der Waals surface area contributed by atoms with E-state index in [2.05, 4.69) is 48.6 Å². The molecule has 5 heteroatoms. The molecule has 1 aliphatic heterocycles. The average Bonchev–Trinajstić information content (AvgIpc) is 3.12. The van der Waals surface area contributed by atoms with E-state index in [-0.39, 0.29) is 6.04 Å². The molecule has 5 rings (SSSR count). The molecule has 1 unspecified atom stereocenters. The van der Waals surface area contributed by atoms with E-state index in [0.717, 1.165) is 44.6 Å². The minimum atomic E-state index is 0.194. The predicted octanol–water partition coefficient (Wildman–Crippen LogP) is 6.10. The number of para-hydroxylation sites is 1. The van der Waals surface area contributed by atoms with Crippen LogP contribution in [0.25, 0.3) is 10.9 Å². The number of nitrogens with one attached hydrogen (secondary N) is 1. The van der Waals surface area contributed by atoms with Gasteiger partial charge in [0.1, 0.15) is 11.7 Å². The van der Waals surface area contributed by atoms with Gasteiger partial charge < -0.3 is 5.32 Å². The van der Waals surface area contributed by atoms with Crippen molar-refractivity contribution in [3.63, 3.8) is 0 Å². The standard InChI is InChI=1S/C24H20N4S/c1-2-20-17-12-6-7-13-18(17)22(25-20)27-23-19-14-8-9-15-21(19)26-24(28-23)29-16-10-4-3-5-11-16/h3-15,20H,2H2,1H3,(H,25,26,27,28). The van der Waals surface area contributed by atoms with Gasteiger partial charge in [0.15, 0.2) is 5.16 Å². The number of aromatic nitrogens is 2. The van der Waals surface area contributed by atoms with Crippen molar-refractivity contribution in [3.8, 4) is 0 Å². The fraction of sp³-hybridized carbons (Fsp3) is 0.125. The molecule has 1 aromatic heterocycles. The quantitative estimate of drug-likeness (QED) is 0.423. The van der Waals surface area contributed by atoms with Gasteiger partial charge in [0.25, 0.3) is 0 Å². The van der Waals surface area contributed by atoms with E-state index < -0.39 is 0 Å². The van der Waals surface area contributed by atoms with Crippen molar-refractivity contribution in [1.29, 1.82) is 0 Å². The zero-order valence-corrected chi connectivity index (χ0v) is 16.9. The van der Waals surface area contributed by atoms with Crippen LogP contribution in [0.15, 0.2) is 93.9 Å². The molecule has 1 aliphatic rings. The largest absolute Gasteiger partial charge is 0.324 e. The third-order valence-corrected chi connectivity index (χ3v) is 5.89. The molecule has 0 aliphatic carbocycles. The maximum atomic E-state index is 4.93. The van der Waals surface area contributed by atoms with E-state index in [0.29, 0.717) is 0 Å². The van der Waals surface area contributed by atoms with Gasteiger partial charge in [0.05, 0.1) is 11.6 Å². The summed E-state index contributed by atoms with van der Waals surface area (Å²) in [4.78, 5) is 15.6. The molecule has 0 spiro atoms. The van der Waals surface area contributed by atoms with Crippen LogP contribution in [0.5, 0.6) is 0 Å². The lowest BCUT2D eigenvalue weighted by Crippen LogP contribution is -2.13. The molecular weight excluding hydrogens is 376 g/mol. The van der Waals surface area contributed by atoms with Crippen molar-refractivity contribution in [2.24, 2.45) is 4.99 Å². The number of benzene rings is 3. The van der Waals surface area contributed by atoms with Crippen LogP contribution in [0.3, 0.4) is 0 Å². The minimum Gasteiger partial charge on any atom is -0.324 e. The highest BCUT2D eigenvalue weighted by Gasteiger charge is 2.24. The Balaban J connectivity index is 1.56. The highest BCUT2D eigenvalue weighted by Crippen LogP contribution is 2.34. The number of amidine groups is 1. The van der Waals surface area contributed by atoms with Crippen LogP contribution in [0, 0.1) is 0 Å². The number of aliphatic imine (C=N–C) groups is 1. The highest BCUT2D eigenvalue weighted by atomic mass is 32.2. The van der Waals surface area contributed by atoms with Crippen LogP contribution < -0.4 is 5.32 Å². The van der Waals surface area contributed by atoms with Gasteiger partial charge in [-0.05, 0) is 48.0 Å². The molecule has 0 amide bonds. The lowest BCUT2D eigenvalue weighted by atomic mass is 10.0. The van der Waals surface area contributed by atoms with Gasteiger partial charge in [-0.2, -0.15) is 0 Å². The van der Waals surface area contributed by atoms with Crippen LogP contribution in [0.2, 0.25) is 0 Å². The maximum absolute atomic E-state index is 4.93. The van der Waals surface area contributed by atoms with Crippen molar-refractivity contribution in [2.45, 2.75) is 29.4 Å². The van der Waals surface area contributed by atoms with Crippen molar-refractivity contribution in [1.82, 2.24) is 9.97 Å². The summed E-state index contributed by atoms with van der Waals surface area (Å²) >= 11 is 1.56. The molecule has 0 saturated carbocycles. The van der Waals surface area contributed by atoms with Crippen molar-refractivity contribution in [3.05, 3.63) is 90.0 Å². The maximum Gasteiger partial charge on any atom is 0.195 e. The molecule has 3 aromatic carbocycles. The monoisotopic (exact) mass is 396 g/mol. The molecular formula is C24H20N4S. The summed E-state index contributed by atoms with van der Waals surface area (Å²) in [5.41, 5.74) is 3.34. The van der Waals surface area contributed by atoms with Gasteiger partial charge in [-0.1, -0.05) is 61.5 Å². The summed E-state index contributed by atoms with van der Waals surface area (Å²) in [7, 11) is 0. The molecule has 0 fully saturated rings. The van der Waals surface area contributed by atoms with Crippen LogP contribution >= 0.6 is 11.8 Å². The zero-order valence-electron chi connectivity index (χ0n) is 16.0. The van der Waals surface area contributed by atoms with Gasteiger partial charge in [0.2, 0.25) is 0 Å². The molecule has 2 heterocycles. The molecule has 4 nitrogen and oxygen atoms in total. The zero-order chi connectivity index (χ0) is 19.6. The van der Waals surface area contributed by atoms with Crippen molar-refractivity contribution in [2.75, 3.05) is 5.32 Å². The van der Waals surface area contributed by atoms with Crippen molar-refractivity contribution >= 4 is 34.3 Å². The molecule has 142 valence electrons. The number of hydrogen-bond donors (Lipinski definition) is 1. The fourth-order valence-corrected chi connectivity index (χ4v) is 4.40. The normalized spacial score (nSPS) is 15.2. The number of rotatable bonds is 4. The highest BCUT2D eigenvalue weighted by molar-refractivity contribution is 7.99. The molecule has 29 heavy (non-hydrogen) atoms. The van der Waals surface area contributed by atoms with E-state index in [1.54, 1.807) is 11.8 Å². The Labute approximate surface area is 174 Å². The summed E-state index contributed by atoms with van der Waals surface area (Å²) in [5, 5.41) is 5.23. The Morgan fingerprint density at radius 3 is 2.48 bits per heavy atom. The molecule has 4 aromatic rings. The average molecular weight is 397 g/mol. The first-order valence-corrected chi connectivity index (χ1v) is 10.6. The number of nitrogens with zero attached hydrogens (tertiary/aromatic N) is 3. The molecule has 1 N–H and O–H groups in total. The Morgan fingerprint density at radius 1 is 0.862 bits per heavy atom. The number of hydrogen-bond acceptors (Lipinski definition) is 5. The van der Waals surface area contributed by atoms with Crippen molar-refractivity contribution < 1.29 is 0 Å². The second-order valence-corrected chi connectivity index (χ2v) is 7.94. The fourth-order valence-electron chi connectivity index (χ4n) is 3.61. The summed E-state index contributed by atoms with van der Waals surface area (Å²) in [6.45, 7) is 2.17. The Hall–Kier alpha value is -3.18.